The van der Waals surface area contributed by atoms with E-state index in [4.69, 9.17) is 4.74 Å². The molecule has 1 aliphatic heterocycles. The Balaban J connectivity index is 1.45. The van der Waals surface area contributed by atoms with Crippen molar-refractivity contribution in [3.63, 3.8) is 0 Å². The van der Waals surface area contributed by atoms with Crippen molar-refractivity contribution in [2.75, 3.05) is 23.4 Å². The SMILES string of the molecule is O=C(COc1ccc(C2SCCCS2)cc1)Nc1ccc(OC(F)F)cc1. The van der Waals surface area contributed by atoms with Crippen LogP contribution in [0.2, 0.25) is 0 Å². The minimum absolute atomic E-state index is 0.0358. The number of benzene rings is 2. The molecule has 0 bridgehead atoms. The Kier molecular flexibility index (Phi) is 7.23. The Hall–Kier alpha value is -1.93. The lowest BCUT2D eigenvalue weighted by Gasteiger charge is -2.21. The molecule has 0 atom stereocenters. The number of nitrogens with one attached hydrogen (secondary N) is 1. The van der Waals surface area contributed by atoms with Crippen LogP contribution in [0.25, 0.3) is 0 Å². The van der Waals surface area contributed by atoms with E-state index in [0.717, 1.165) is 0 Å². The smallest absolute Gasteiger partial charge is 0.387 e. The van der Waals surface area contributed by atoms with Crippen LogP contribution in [0.5, 0.6) is 11.5 Å². The molecule has 0 radical (unpaired) electrons. The third-order valence-corrected chi connectivity index (χ3v) is 6.73. The lowest BCUT2D eigenvalue weighted by atomic mass is 10.2. The number of ether oxygens (including phenoxy) is 2. The first-order valence-corrected chi connectivity index (χ1v) is 10.5. The van der Waals surface area contributed by atoms with Crippen LogP contribution in [0.15, 0.2) is 48.5 Å². The van der Waals surface area contributed by atoms with Crippen molar-refractivity contribution in [3.05, 3.63) is 54.1 Å². The van der Waals surface area contributed by atoms with Gasteiger partial charge in [0.25, 0.3) is 5.91 Å². The minimum Gasteiger partial charge on any atom is -0.484 e. The zero-order valence-electron chi connectivity index (χ0n) is 14.4. The Morgan fingerprint density at radius 3 is 2.30 bits per heavy atom. The summed E-state index contributed by atoms with van der Waals surface area (Å²) in [4.78, 5) is 12.0. The number of carbonyl (C=O) groups is 1. The van der Waals surface area contributed by atoms with Crippen LogP contribution < -0.4 is 14.8 Å². The summed E-state index contributed by atoms with van der Waals surface area (Å²) in [6.45, 7) is -3.01. The third kappa shape index (κ3) is 6.32. The van der Waals surface area contributed by atoms with E-state index >= 15 is 0 Å². The molecule has 4 nitrogen and oxygen atoms in total. The van der Waals surface area contributed by atoms with Gasteiger partial charge in [-0.1, -0.05) is 12.1 Å². The molecule has 8 heteroatoms. The summed E-state index contributed by atoms with van der Waals surface area (Å²) in [5.74, 6) is 2.70. The fourth-order valence-electron chi connectivity index (χ4n) is 2.47. The highest BCUT2D eigenvalue weighted by atomic mass is 32.2. The van der Waals surface area contributed by atoms with Crippen molar-refractivity contribution in [2.24, 2.45) is 0 Å². The second-order valence-corrected chi connectivity index (χ2v) is 8.46. The Morgan fingerprint density at radius 2 is 1.67 bits per heavy atom. The molecule has 0 spiro atoms. The Morgan fingerprint density at radius 1 is 1.04 bits per heavy atom. The largest absolute Gasteiger partial charge is 0.484 e. The zero-order chi connectivity index (χ0) is 19.1. The first-order valence-electron chi connectivity index (χ1n) is 8.41. The Labute approximate surface area is 165 Å². The summed E-state index contributed by atoms with van der Waals surface area (Å²) in [5.41, 5.74) is 1.74. The molecule has 3 rings (SSSR count). The molecule has 1 aliphatic rings. The van der Waals surface area contributed by atoms with Gasteiger partial charge in [-0.2, -0.15) is 8.78 Å². The van der Waals surface area contributed by atoms with Crippen LogP contribution >= 0.6 is 23.5 Å². The van der Waals surface area contributed by atoms with Gasteiger partial charge in [0.05, 0.1) is 4.58 Å². The van der Waals surface area contributed by atoms with Crippen molar-refractivity contribution in [3.8, 4) is 11.5 Å². The second kappa shape index (κ2) is 9.85. The van der Waals surface area contributed by atoms with E-state index in [2.05, 4.69) is 10.1 Å². The molecule has 1 N–H and O–H groups in total. The van der Waals surface area contributed by atoms with Gasteiger partial charge in [-0.25, -0.2) is 0 Å². The monoisotopic (exact) mass is 411 g/mol. The van der Waals surface area contributed by atoms with Gasteiger partial charge in [0.2, 0.25) is 0 Å². The summed E-state index contributed by atoms with van der Waals surface area (Å²) in [5, 5.41) is 2.64. The standard InChI is InChI=1S/C19H19F2NO3S2/c20-19(21)25-16-8-4-14(5-9-16)22-17(23)12-24-15-6-2-13(3-7-15)18-26-10-1-11-27-18/h2-9,18-19H,1,10-12H2,(H,22,23). The average molecular weight is 411 g/mol. The molecule has 0 aromatic heterocycles. The molecule has 144 valence electrons. The first-order chi connectivity index (χ1) is 13.1. The van der Waals surface area contributed by atoms with Gasteiger partial charge in [-0.05, 0) is 59.9 Å². The number of carbonyl (C=O) groups excluding carboxylic acids is 1. The van der Waals surface area contributed by atoms with Crippen molar-refractivity contribution >= 4 is 35.1 Å². The molecule has 1 amide bonds. The molecule has 27 heavy (non-hydrogen) atoms. The maximum absolute atomic E-state index is 12.1. The molecule has 0 unspecified atom stereocenters. The summed E-state index contributed by atoms with van der Waals surface area (Å²) < 4.78 is 34.5. The lowest BCUT2D eigenvalue weighted by molar-refractivity contribution is -0.118. The summed E-state index contributed by atoms with van der Waals surface area (Å²) in [6.07, 6.45) is 1.25. The summed E-state index contributed by atoms with van der Waals surface area (Å²) in [7, 11) is 0. The van der Waals surface area contributed by atoms with Gasteiger partial charge in [-0.3, -0.25) is 4.79 Å². The van der Waals surface area contributed by atoms with E-state index in [1.807, 2.05) is 47.8 Å². The van der Waals surface area contributed by atoms with E-state index < -0.39 is 6.61 Å². The van der Waals surface area contributed by atoms with Crippen molar-refractivity contribution < 1.29 is 23.0 Å². The summed E-state index contributed by atoms with van der Waals surface area (Å²) >= 11 is 3.91. The average Bonchev–Trinajstić information content (AvgIpc) is 2.69. The van der Waals surface area contributed by atoms with E-state index in [0.29, 0.717) is 16.0 Å². The number of anilines is 1. The maximum atomic E-state index is 12.1. The van der Waals surface area contributed by atoms with Gasteiger partial charge in [0.15, 0.2) is 6.61 Å². The highest BCUT2D eigenvalue weighted by molar-refractivity contribution is 8.16. The number of alkyl halides is 2. The molecular weight excluding hydrogens is 392 g/mol. The number of hydrogen-bond donors (Lipinski definition) is 1. The lowest BCUT2D eigenvalue weighted by Crippen LogP contribution is -2.20. The predicted octanol–water partition coefficient (Wildman–Crippen LogP) is 5.17. The quantitative estimate of drug-likeness (QED) is 0.681. The van der Waals surface area contributed by atoms with E-state index in [9.17, 15) is 13.6 Å². The third-order valence-electron chi connectivity index (χ3n) is 3.71. The second-order valence-electron chi connectivity index (χ2n) is 5.74. The number of halogens is 2. The van der Waals surface area contributed by atoms with Crippen molar-refractivity contribution in [2.45, 2.75) is 17.6 Å². The van der Waals surface area contributed by atoms with E-state index in [1.165, 1.54) is 47.8 Å². The van der Waals surface area contributed by atoms with Crippen LogP contribution in [0.4, 0.5) is 14.5 Å². The predicted molar refractivity (Wildman–Crippen MR) is 106 cm³/mol. The van der Waals surface area contributed by atoms with Gasteiger partial charge >= 0.3 is 6.61 Å². The number of rotatable bonds is 7. The Bertz CT molecular complexity index is 736. The molecule has 2 aromatic rings. The molecule has 1 heterocycles. The number of hydrogen-bond acceptors (Lipinski definition) is 5. The molecule has 1 saturated heterocycles. The zero-order valence-corrected chi connectivity index (χ0v) is 16.0. The van der Waals surface area contributed by atoms with Gasteiger partial charge in [0.1, 0.15) is 11.5 Å². The van der Waals surface area contributed by atoms with Crippen molar-refractivity contribution in [1.82, 2.24) is 0 Å². The molecule has 0 aliphatic carbocycles. The van der Waals surface area contributed by atoms with Gasteiger partial charge < -0.3 is 14.8 Å². The van der Waals surface area contributed by atoms with E-state index in [-0.39, 0.29) is 18.3 Å². The van der Waals surface area contributed by atoms with Crippen LogP contribution in [0.1, 0.15) is 16.6 Å². The number of thioether (sulfide) groups is 2. The molecular formula is C19H19F2NO3S2. The normalized spacial score (nSPS) is 14.8. The van der Waals surface area contributed by atoms with Crippen LogP contribution in [0, 0.1) is 0 Å². The van der Waals surface area contributed by atoms with Gasteiger partial charge in [0, 0.05) is 5.69 Å². The first kappa shape index (κ1) is 19.8. The molecule has 1 fully saturated rings. The highest BCUT2D eigenvalue weighted by Crippen LogP contribution is 2.43. The van der Waals surface area contributed by atoms with Crippen LogP contribution in [-0.4, -0.2) is 30.6 Å². The van der Waals surface area contributed by atoms with Crippen LogP contribution in [0.3, 0.4) is 0 Å². The number of amides is 1. The van der Waals surface area contributed by atoms with Crippen molar-refractivity contribution in [1.29, 1.82) is 0 Å². The topological polar surface area (TPSA) is 47.6 Å². The fourth-order valence-corrected chi connectivity index (χ4v) is 5.36. The van der Waals surface area contributed by atoms with Crippen LogP contribution in [-0.2, 0) is 4.79 Å². The minimum atomic E-state index is -2.87. The maximum Gasteiger partial charge on any atom is 0.387 e. The molecule has 2 aromatic carbocycles. The highest BCUT2D eigenvalue weighted by Gasteiger charge is 2.16. The molecule has 0 saturated carbocycles. The van der Waals surface area contributed by atoms with Gasteiger partial charge in [-0.15, -0.1) is 23.5 Å². The summed E-state index contributed by atoms with van der Waals surface area (Å²) in [6, 6.07) is 13.5. The van der Waals surface area contributed by atoms with E-state index in [1.54, 1.807) is 0 Å². The fraction of sp³-hybridized carbons (Fsp3) is 0.316.